The number of halogens is 3. The van der Waals surface area contributed by atoms with Crippen LogP contribution in [0.2, 0.25) is 0 Å². The van der Waals surface area contributed by atoms with E-state index >= 15 is 0 Å². The molecule has 1 aliphatic heterocycles. The standard InChI is InChI=1S/C16H23F3N2/c1-11(20)13-7-9-21(10-8-13)12(2)14-5-3-4-6-15(14)16(17,18)19/h3-6,11-13H,7-10,20H2,1-2H3. The molecule has 21 heavy (non-hydrogen) atoms. The molecule has 0 saturated carbocycles. The Morgan fingerprint density at radius 3 is 2.24 bits per heavy atom. The first kappa shape index (κ1) is 16.3. The molecule has 1 aliphatic rings. The minimum atomic E-state index is -4.30. The molecule has 1 aromatic rings. The highest BCUT2D eigenvalue weighted by atomic mass is 19.4. The van der Waals surface area contributed by atoms with Crippen LogP contribution in [-0.4, -0.2) is 24.0 Å². The van der Waals surface area contributed by atoms with Crippen molar-refractivity contribution in [3.8, 4) is 0 Å². The van der Waals surface area contributed by atoms with Gasteiger partial charge >= 0.3 is 6.18 Å². The largest absolute Gasteiger partial charge is 0.416 e. The Morgan fingerprint density at radius 2 is 1.71 bits per heavy atom. The van der Waals surface area contributed by atoms with Gasteiger partial charge in [-0.3, -0.25) is 4.90 Å². The summed E-state index contributed by atoms with van der Waals surface area (Å²) < 4.78 is 39.3. The minimum absolute atomic E-state index is 0.157. The van der Waals surface area contributed by atoms with Crippen LogP contribution < -0.4 is 5.73 Å². The number of alkyl halides is 3. The topological polar surface area (TPSA) is 29.3 Å². The first-order chi connectivity index (χ1) is 9.80. The summed E-state index contributed by atoms with van der Waals surface area (Å²) >= 11 is 0. The molecule has 2 N–H and O–H groups in total. The molecule has 0 aromatic heterocycles. The number of benzene rings is 1. The Morgan fingerprint density at radius 1 is 1.14 bits per heavy atom. The first-order valence-corrected chi connectivity index (χ1v) is 7.46. The van der Waals surface area contributed by atoms with Crippen LogP contribution in [-0.2, 0) is 6.18 Å². The zero-order chi connectivity index (χ0) is 15.6. The predicted octanol–water partition coefficient (Wildman–Crippen LogP) is 3.83. The molecule has 118 valence electrons. The van der Waals surface area contributed by atoms with Gasteiger partial charge in [0.2, 0.25) is 0 Å². The molecule has 5 heteroatoms. The predicted molar refractivity (Wildman–Crippen MR) is 77.8 cm³/mol. The third-order valence-corrected chi connectivity index (χ3v) is 4.58. The summed E-state index contributed by atoms with van der Waals surface area (Å²) in [6.07, 6.45) is -2.39. The molecule has 1 fully saturated rings. The van der Waals surface area contributed by atoms with Gasteiger partial charge in [0.15, 0.2) is 0 Å². The van der Waals surface area contributed by atoms with Crippen molar-refractivity contribution in [2.45, 2.75) is 44.9 Å². The molecular formula is C16H23F3N2. The quantitative estimate of drug-likeness (QED) is 0.919. The van der Waals surface area contributed by atoms with E-state index in [-0.39, 0.29) is 12.1 Å². The van der Waals surface area contributed by atoms with Crippen molar-refractivity contribution < 1.29 is 13.2 Å². The number of nitrogens with two attached hydrogens (primary N) is 1. The third kappa shape index (κ3) is 3.77. The van der Waals surface area contributed by atoms with Gasteiger partial charge in [0.25, 0.3) is 0 Å². The zero-order valence-electron chi connectivity index (χ0n) is 12.5. The van der Waals surface area contributed by atoms with Crippen LogP contribution in [0.15, 0.2) is 24.3 Å². The summed E-state index contributed by atoms with van der Waals surface area (Å²) in [4.78, 5) is 2.13. The van der Waals surface area contributed by atoms with E-state index in [4.69, 9.17) is 5.73 Å². The van der Waals surface area contributed by atoms with Crippen molar-refractivity contribution in [3.05, 3.63) is 35.4 Å². The molecule has 2 atom stereocenters. The molecule has 2 unspecified atom stereocenters. The lowest BCUT2D eigenvalue weighted by Gasteiger charge is -2.38. The third-order valence-electron chi connectivity index (χ3n) is 4.58. The van der Waals surface area contributed by atoms with Crippen LogP contribution >= 0.6 is 0 Å². The fraction of sp³-hybridized carbons (Fsp3) is 0.625. The average molecular weight is 300 g/mol. The van der Waals surface area contributed by atoms with Gasteiger partial charge in [0.05, 0.1) is 5.56 Å². The number of hydrogen-bond donors (Lipinski definition) is 1. The van der Waals surface area contributed by atoms with Gasteiger partial charge in [-0.05, 0) is 57.3 Å². The summed E-state index contributed by atoms with van der Waals surface area (Å²) in [6, 6.07) is 5.81. The van der Waals surface area contributed by atoms with E-state index < -0.39 is 11.7 Å². The maximum Gasteiger partial charge on any atom is 0.416 e. The highest BCUT2D eigenvalue weighted by Crippen LogP contribution is 2.37. The van der Waals surface area contributed by atoms with E-state index in [1.165, 1.54) is 12.1 Å². The van der Waals surface area contributed by atoms with E-state index in [1.54, 1.807) is 12.1 Å². The van der Waals surface area contributed by atoms with E-state index in [0.29, 0.717) is 11.5 Å². The van der Waals surface area contributed by atoms with E-state index in [0.717, 1.165) is 25.9 Å². The van der Waals surface area contributed by atoms with E-state index in [9.17, 15) is 13.2 Å². The van der Waals surface area contributed by atoms with Crippen molar-refractivity contribution in [1.82, 2.24) is 4.90 Å². The average Bonchev–Trinajstić information content (AvgIpc) is 2.45. The molecule has 0 amide bonds. The van der Waals surface area contributed by atoms with Gasteiger partial charge in [0, 0.05) is 12.1 Å². The molecule has 2 rings (SSSR count). The van der Waals surface area contributed by atoms with Gasteiger partial charge in [0.1, 0.15) is 0 Å². The number of rotatable bonds is 3. The molecule has 1 saturated heterocycles. The highest BCUT2D eigenvalue weighted by molar-refractivity contribution is 5.32. The maximum absolute atomic E-state index is 13.1. The smallest absolute Gasteiger partial charge is 0.328 e. The normalized spacial score (nSPS) is 21.2. The molecular weight excluding hydrogens is 277 g/mol. The Hall–Kier alpha value is -1.07. The Kier molecular flexibility index (Phi) is 4.94. The highest BCUT2D eigenvalue weighted by Gasteiger charge is 2.35. The lowest BCUT2D eigenvalue weighted by Crippen LogP contribution is -2.41. The van der Waals surface area contributed by atoms with Crippen LogP contribution in [0.5, 0.6) is 0 Å². The summed E-state index contributed by atoms with van der Waals surface area (Å²) in [5.74, 6) is 0.478. The van der Waals surface area contributed by atoms with E-state index in [1.807, 2.05) is 13.8 Å². The zero-order valence-corrected chi connectivity index (χ0v) is 12.5. The van der Waals surface area contributed by atoms with Crippen LogP contribution in [0.1, 0.15) is 43.9 Å². The summed E-state index contributed by atoms with van der Waals surface area (Å²) in [6.45, 7) is 5.47. The van der Waals surface area contributed by atoms with Crippen LogP contribution in [0.25, 0.3) is 0 Å². The lowest BCUT2D eigenvalue weighted by molar-refractivity contribution is -0.138. The number of likely N-dealkylation sites (tertiary alicyclic amines) is 1. The van der Waals surface area contributed by atoms with Crippen molar-refractivity contribution in [2.75, 3.05) is 13.1 Å². The molecule has 1 heterocycles. The summed E-state index contributed by atoms with van der Waals surface area (Å²) in [5.41, 5.74) is 5.76. The van der Waals surface area contributed by atoms with Gasteiger partial charge < -0.3 is 5.73 Å². The number of hydrogen-bond acceptors (Lipinski definition) is 2. The molecule has 1 aromatic carbocycles. The molecule has 0 spiro atoms. The van der Waals surface area contributed by atoms with Crippen molar-refractivity contribution >= 4 is 0 Å². The second kappa shape index (κ2) is 6.36. The molecule has 2 nitrogen and oxygen atoms in total. The van der Waals surface area contributed by atoms with Gasteiger partial charge in [-0.1, -0.05) is 18.2 Å². The SMILES string of the molecule is CC(N)C1CCN(C(C)c2ccccc2C(F)(F)F)CC1. The number of piperidine rings is 1. The summed E-state index contributed by atoms with van der Waals surface area (Å²) in [5, 5.41) is 0. The Balaban J connectivity index is 2.13. The van der Waals surface area contributed by atoms with Crippen molar-refractivity contribution in [3.63, 3.8) is 0 Å². The van der Waals surface area contributed by atoms with Crippen LogP contribution in [0.4, 0.5) is 13.2 Å². The fourth-order valence-electron chi connectivity index (χ4n) is 3.15. The monoisotopic (exact) mass is 300 g/mol. The second-order valence-corrected chi connectivity index (χ2v) is 5.99. The Bertz CT molecular complexity index is 463. The molecule has 0 bridgehead atoms. The van der Waals surface area contributed by atoms with Gasteiger partial charge in [-0.15, -0.1) is 0 Å². The number of nitrogens with zero attached hydrogens (tertiary/aromatic N) is 1. The van der Waals surface area contributed by atoms with Crippen molar-refractivity contribution in [2.24, 2.45) is 11.7 Å². The summed E-state index contributed by atoms with van der Waals surface area (Å²) in [7, 11) is 0. The molecule has 0 aliphatic carbocycles. The first-order valence-electron chi connectivity index (χ1n) is 7.46. The van der Waals surface area contributed by atoms with Crippen molar-refractivity contribution in [1.29, 1.82) is 0 Å². The maximum atomic E-state index is 13.1. The van der Waals surface area contributed by atoms with Gasteiger partial charge in [-0.25, -0.2) is 0 Å². The molecule has 0 radical (unpaired) electrons. The van der Waals surface area contributed by atoms with Gasteiger partial charge in [-0.2, -0.15) is 13.2 Å². The Labute approximate surface area is 124 Å². The lowest BCUT2D eigenvalue weighted by atomic mass is 9.89. The minimum Gasteiger partial charge on any atom is -0.328 e. The second-order valence-electron chi connectivity index (χ2n) is 5.99. The van der Waals surface area contributed by atoms with Crippen LogP contribution in [0.3, 0.4) is 0 Å². The fourth-order valence-corrected chi connectivity index (χ4v) is 3.15. The van der Waals surface area contributed by atoms with E-state index in [2.05, 4.69) is 4.90 Å². The van der Waals surface area contributed by atoms with Crippen LogP contribution in [0, 0.1) is 5.92 Å².